The number of nitrogens with one attached hydrogen (secondary N) is 2. The van der Waals surface area contributed by atoms with E-state index >= 15 is 0 Å². The van der Waals surface area contributed by atoms with Crippen LogP contribution in [0.4, 0.5) is 0 Å². The summed E-state index contributed by atoms with van der Waals surface area (Å²) in [5, 5.41) is 15.7. The van der Waals surface area contributed by atoms with Crippen LogP contribution in [0.15, 0.2) is 4.99 Å². The van der Waals surface area contributed by atoms with E-state index in [9.17, 15) is 0 Å². The van der Waals surface area contributed by atoms with Gasteiger partial charge >= 0.3 is 0 Å². The second kappa shape index (κ2) is 15.0. The van der Waals surface area contributed by atoms with Crippen molar-refractivity contribution in [3.8, 4) is 0 Å². The first-order valence-corrected chi connectivity index (χ1v) is 9.29. The zero-order valence-electron chi connectivity index (χ0n) is 13.5. The number of rotatable bonds is 12. The fourth-order valence-corrected chi connectivity index (χ4v) is 2.55. The molecule has 0 spiro atoms. The highest BCUT2D eigenvalue weighted by Gasteiger charge is 2.07. The Kier molecular flexibility index (Phi) is 14.7. The first-order chi connectivity index (χ1) is 9.78. The summed E-state index contributed by atoms with van der Waals surface area (Å²) in [4.78, 5) is 4.65. The van der Waals surface area contributed by atoms with E-state index in [1.54, 1.807) is 0 Å². The number of aliphatic hydroxyl groups excluding tert-OH is 1. The van der Waals surface area contributed by atoms with Crippen molar-refractivity contribution < 1.29 is 5.11 Å². The van der Waals surface area contributed by atoms with Gasteiger partial charge in [-0.2, -0.15) is 11.8 Å². The maximum absolute atomic E-state index is 9.07. The van der Waals surface area contributed by atoms with E-state index < -0.39 is 0 Å². The summed E-state index contributed by atoms with van der Waals surface area (Å²) >= 11 is 1.90. The Bertz CT molecular complexity index is 231. The molecule has 0 aromatic heterocycles. The molecule has 0 heterocycles. The predicted molar refractivity (Wildman–Crippen MR) is 91.7 cm³/mol. The molecule has 0 radical (unpaired) electrons. The van der Waals surface area contributed by atoms with Gasteiger partial charge in [0.1, 0.15) is 0 Å². The van der Waals surface area contributed by atoms with Crippen LogP contribution in [0.1, 0.15) is 46.0 Å². The Balaban J connectivity index is 4.08. The lowest BCUT2D eigenvalue weighted by molar-refractivity contribution is 0.253. The van der Waals surface area contributed by atoms with E-state index in [4.69, 9.17) is 5.11 Å². The number of guanidine groups is 1. The highest BCUT2D eigenvalue weighted by molar-refractivity contribution is 7.98. The maximum Gasteiger partial charge on any atom is 0.191 e. The van der Waals surface area contributed by atoms with Crippen LogP contribution in [0.3, 0.4) is 0 Å². The van der Waals surface area contributed by atoms with Crippen LogP contribution in [0.5, 0.6) is 0 Å². The molecule has 0 aliphatic rings. The summed E-state index contributed by atoms with van der Waals surface area (Å²) in [6, 6.07) is 0. The molecule has 0 aliphatic heterocycles. The third kappa shape index (κ3) is 11.4. The van der Waals surface area contributed by atoms with Crippen molar-refractivity contribution >= 4 is 17.7 Å². The molecule has 0 rings (SSSR count). The molecule has 0 aromatic rings. The summed E-state index contributed by atoms with van der Waals surface area (Å²) in [6.45, 7) is 7.19. The van der Waals surface area contributed by atoms with Gasteiger partial charge in [0, 0.05) is 26.2 Å². The SMILES string of the molecule is CCCC(CCO)CN=C(NCC)NCCCCSC. The standard InChI is InChI=1S/C15H33N3OS/c1-4-8-14(9-11-19)13-18-15(16-5-2)17-10-6-7-12-20-3/h14,19H,4-13H2,1-3H3,(H2,16,17,18). The largest absolute Gasteiger partial charge is 0.396 e. The molecule has 1 unspecified atom stereocenters. The smallest absolute Gasteiger partial charge is 0.191 e. The molecule has 0 aliphatic carbocycles. The molecular formula is C15H33N3OS. The molecule has 0 aromatic carbocycles. The Hall–Kier alpha value is -0.420. The topological polar surface area (TPSA) is 56.7 Å². The molecule has 120 valence electrons. The van der Waals surface area contributed by atoms with E-state index in [2.05, 4.69) is 35.7 Å². The molecule has 0 bridgehead atoms. The van der Waals surface area contributed by atoms with Gasteiger partial charge in [0.15, 0.2) is 5.96 Å². The number of nitrogens with zero attached hydrogens (tertiary/aromatic N) is 1. The number of hydrogen-bond acceptors (Lipinski definition) is 3. The van der Waals surface area contributed by atoms with Crippen molar-refractivity contribution in [1.82, 2.24) is 10.6 Å². The van der Waals surface area contributed by atoms with Gasteiger partial charge in [-0.25, -0.2) is 0 Å². The second-order valence-electron chi connectivity index (χ2n) is 5.01. The van der Waals surface area contributed by atoms with Gasteiger partial charge in [-0.1, -0.05) is 13.3 Å². The lowest BCUT2D eigenvalue weighted by atomic mass is 10.0. The number of aliphatic imine (C=N–C) groups is 1. The van der Waals surface area contributed by atoms with Crippen LogP contribution in [0, 0.1) is 5.92 Å². The summed E-state index contributed by atoms with van der Waals surface area (Å²) in [5.74, 6) is 2.64. The van der Waals surface area contributed by atoms with Crippen LogP contribution in [-0.2, 0) is 0 Å². The summed E-state index contributed by atoms with van der Waals surface area (Å²) in [5.41, 5.74) is 0. The Morgan fingerprint density at radius 2 is 2.00 bits per heavy atom. The minimum Gasteiger partial charge on any atom is -0.396 e. The average molecular weight is 304 g/mol. The van der Waals surface area contributed by atoms with Crippen molar-refractivity contribution in [2.24, 2.45) is 10.9 Å². The number of thioether (sulfide) groups is 1. The molecule has 5 heteroatoms. The van der Waals surface area contributed by atoms with E-state index in [0.29, 0.717) is 5.92 Å². The third-order valence-corrected chi connectivity index (χ3v) is 3.85. The molecule has 0 fully saturated rings. The summed E-state index contributed by atoms with van der Waals surface area (Å²) in [6.07, 6.45) is 7.71. The van der Waals surface area contributed by atoms with Crippen molar-refractivity contribution in [2.75, 3.05) is 38.2 Å². The zero-order chi connectivity index (χ0) is 15.1. The predicted octanol–water partition coefficient (Wildman–Crippen LogP) is 2.48. The maximum atomic E-state index is 9.07. The quantitative estimate of drug-likeness (QED) is 0.294. The van der Waals surface area contributed by atoms with Gasteiger partial charge in [-0.3, -0.25) is 4.99 Å². The molecule has 0 saturated heterocycles. The molecule has 0 saturated carbocycles. The second-order valence-corrected chi connectivity index (χ2v) is 6.00. The zero-order valence-corrected chi connectivity index (χ0v) is 14.3. The highest BCUT2D eigenvalue weighted by atomic mass is 32.2. The molecule has 3 N–H and O–H groups in total. The number of aliphatic hydroxyl groups is 1. The Labute approximate surface area is 129 Å². The molecule has 1 atom stereocenters. The molecular weight excluding hydrogens is 270 g/mol. The minimum atomic E-state index is 0.263. The fourth-order valence-electron chi connectivity index (χ4n) is 2.06. The van der Waals surface area contributed by atoms with E-state index in [1.165, 1.54) is 18.6 Å². The summed E-state index contributed by atoms with van der Waals surface area (Å²) < 4.78 is 0. The van der Waals surface area contributed by atoms with Crippen molar-refractivity contribution in [2.45, 2.75) is 46.0 Å². The number of unbranched alkanes of at least 4 members (excludes halogenated alkanes) is 1. The fraction of sp³-hybridized carbons (Fsp3) is 0.933. The lowest BCUT2D eigenvalue weighted by Gasteiger charge is -2.15. The monoisotopic (exact) mass is 303 g/mol. The Morgan fingerprint density at radius 1 is 1.20 bits per heavy atom. The van der Waals surface area contributed by atoms with Gasteiger partial charge in [0.05, 0.1) is 0 Å². The van der Waals surface area contributed by atoms with Crippen LogP contribution < -0.4 is 10.6 Å². The highest BCUT2D eigenvalue weighted by Crippen LogP contribution is 2.10. The van der Waals surface area contributed by atoms with E-state index in [0.717, 1.165) is 44.9 Å². The average Bonchev–Trinajstić information content (AvgIpc) is 2.44. The van der Waals surface area contributed by atoms with E-state index in [1.807, 2.05) is 11.8 Å². The Morgan fingerprint density at radius 3 is 2.60 bits per heavy atom. The van der Waals surface area contributed by atoms with Crippen molar-refractivity contribution in [3.05, 3.63) is 0 Å². The van der Waals surface area contributed by atoms with Crippen LogP contribution in [-0.4, -0.2) is 49.3 Å². The van der Waals surface area contributed by atoms with Gasteiger partial charge in [0.25, 0.3) is 0 Å². The number of hydrogen-bond donors (Lipinski definition) is 3. The normalized spacial score (nSPS) is 13.3. The molecule has 20 heavy (non-hydrogen) atoms. The van der Waals surface area contributed by atoms with E-state index in [-0.39, 0.29) is 6.61 Å². The van der Waals surface area contributed by atoms with Gasteiger partial charge in [-0.15, -0.1) is 0 Å². The van der Waals surface area contributed by atoms with Gasteiger partial charge < -0.3 is 15.7 Å². The first kappa shape index (κ1) is 19.6. The van der Waals surface area contributed by atoms with Crippen LogP contribution in [0.2, 0.25) is 0 Å². The molecule has 4 nitrogen and oxygen atoms in total. The lowest BCUT2D eigenvalue weighted by Crippen LogP contribution is -2.38. The van der Waals surface area contributed by atoms with Crippen LogP contribution >= 0.6 is 11.8 Å². The van der Waals surface area contributed by atoms with Gasteiger partial charge in [-0.05, 0) is 50.5 Å². The third-order valence-electron chi connectivity index (χ3n) is 3.15. The van der Waals surface area contributed by atoms with Crippen molar-refractivity contribution in [3.63, 3.8) is 0 Å². The van der Waals surface area contributed by atoms with Crippen molar-refractivity contribution in [1.29, 1.82) is 0 Å². The van der Waals surface area contributed by atoms with Crippen LogP contribution in [0.25, 0.3) is 0 Å². The van der Waals surface area contributed by atoms with Gasteiger partial charge in [0.2, 0.25) is 0 Å². The minimum absolute atomic E-state index is 0.263. The first-order valence-electron chi connectivity index (χ1n) is 7.90. The molecule has 0 amide bonds. The summed E-state index contributed by atoms with van der Waals surface area (Å²) in [7, 11) is 0.